The van der Waals surface area contributed by atoms with Crippen LogP contribution in [0, 0.1) is 0 Å². The van der Waals surface area contributed by atoms with Gasteiger partial charge < -0.3 is 5.32 Å². The molecule has 1 rings (SSSR count). The molecule has 0 saturated carbocycles. The van der Waals surface area contributed by atoms with E-state index in [0.717, 1.165) is 19.1 Å². The number of nitrogens with one attached hydrogen (secondary N) is 1. The lowest BCUT2D eigenvalue weighted by atomic mass is 10.0. The molecule has 1 unspecified atom stereocenters. The molecule has 3 heteroatoms. The minimum Gasteiger partial charge on any atom is -0.315 e. The van der Waals surface area contributed by atoms with Gasteiger partial charge in [0.2, 0.25) is 0 Å². The minimum absolute atomic E-state index is 0.327. The van der Waals surface area contributed by atoms with E-state index in [-0.39, 0.29) is 0 Å². The van der Waals surface area contributed by atoms with Crippen LogP contribution in [0.25, 0.3) is 0 Å². The molecule has 0 amide bonds. The van der Waals surface area contributed by atoms with Gasteiger partial charge >= 0.3 is 0 Å². The zero-order chi connectivity index (χ0) is 13.6. The molecular formula is C15H33N3. The zero-order valence-corrected chi connectivity index (χ0v) is 13.1. The first-order chi connectivity index (χ1) is 8.49. The summed E-state index contributed by atoms with van der Waals surface area (Å²) >= 11 is 0. The van der Waals surface area contributed by atoms with E-state index in [1.807, 2.05) is 0 Å². The fourth-order valence-electron chi connectivity index (χ4n) is 2.82. The lowest BCUT2D eigenvalue weighted by Crippen LogP contribution is -2.57. The summed E-state index contributed by atoms with van der Waals surface area (Å²) in [5.41, 5.74) is 0.327. The molecule has 18 heavy (non-hydrogen) atoms. The molecule has 1 aliphatic rings. The van der Waals surface area contributed by atoms with Crippen molar-refractivity contribution in [2.75, 3.05) is 39.3 Å². The van der Waals surface area contributed by atoms with Crippen molar-refractivity contribution in [3.05, 3.63) is 0 Å². The summed E-state index contributed by atoms with van der Waals surface area (Å²) in [6, 6.07) is 0.733. The van der Waals surface area contributed by atoms with E-state index >= 15 is 0 Å². The lowest BCUT2D eigenvalue weighted by Gasteiger charge is -2.44. The van der Waals surface area contributed by atoms with Gasteiger partial charge in [0.15, 0.2) is 0 Å². The van der Waals surface area contributed by atoms with Crippen molar-refractivity contribution < 1.29 is 0 Å². The molecular weight excluding hydrogens is 222 g/mol. The predicted molar refractivity (Wildman–Crippen MR) is 80.1 cm³/mol. The number of nitrogens with zero attached hydrogens (tertiary/aromatic N) is 2. The summed E-state index contributed by atoms with van der Waals surface area (Å²) in [6.07, 6.45) is 2.61. The van der Waals surface area contributed by atoms with Crippen molar-refractivity contribution >= 4 is 0 Å². The van der Waals surface area contributed by atoms with E-state index in [4.69, 9.17) is 0 Å². The molecule has 1 N–H and O–H groups in total. The van der Waals surface area contributed by atoms with E-state index in [0.29, 0.717) is 5.54 Å². The summed E-state index contributed by atoms with van der Waals surface area (Å²) < 4.78 is 0. The average Bonchev–Trinajstić information content (AvgIpc) is 2.33. The van der Waals surface area contributed by atoms with Gasteiger partial charge in [0.1, 0.15) is 0 Å². The molecule has 0 aromatic rings. The van der Waals surface area contributed by atoms with E-state index in [1.165, 1.54) is 39.0 Å². The van der Waals surface area contributed by atoms with Gasteiger partial charge in [-0.25, -0.2) is 0 Å². The molecule has 108 valence electrons. The molecule has 0 spiro atoms. The maximum absolute atomic E-state index is 3.52. The molecule has 0 radical (unpaired) electrons. The van der Waals surface area contributed by atoms with Crippen LogP contribution in [-0.4, -0.2) is 60.6 Å². The fourth-order valence-corrected chi connectivity index (χ4v) is 2.82. The van der Waals surface area contributed by atoms with Crippen LogP contribution < -0.4 is 5.32 Å². The lowest BCUT2D eigenvalue weighted by molar-refractivity contribution is 0.0399. The van der Waals surface area contributed by atoms with E-state index in [1.54, 1.807) is 0 Å². The number of hydrogen-bond acceptors (Lipinski definition) is 3. The van der Waals surface area contributed by atoms with Crippen LogP contribution in [0.4, 0.5) is 0 Å². The third kappa shape index (κ3) is 4.87. The van der Waals surface area contributed by atoms with E-state index in [9.17, 15) is 0 Å². The summed E-state index contributed by atoms with van der Waals surface area (Å²) in [7, 11) is 0. The van der Waals surface area contributed by atoms with Gasteiger partial charge in [0.25, 0.3) is 0 Å². The molecule has 0 bridgehead atoms. The van der Waals surface area contributed by atoms with Crippen LogP contribution >= 0.6 is 0 Å². The van der Waals surface area contributed by atoms with Gasteiger partial charge in [-0.15, -0.1) is 0 Å². The van der Waals surface area contributed by atoms with Crippen LogP contribution in [0.1, 0.15) is 47.5 Å². The Kier molecular flexibility index (Phi) is 6.61. The highest BCUT2D eigenvalue weighted by atomic mass is 15.3. The molecule has 0 aromatic heterocycles. The first-order valence-electron chi connectivity index (χ1n) is 7.68. The smallest absolute Gasteiger partial charge is 0.0221 e. The van der Waals surface area contributed by atoms with Crippen LogP contribution in [0.5, 0.6) is 0 Å². The van der Waals surface area contributed by atoms with Gasteiger partial charge in [0, 0.05) is 44.3 Å². The molecule has 1 atom stereocenters. The van der Waals surface area contributed by atoms with Crippen LogP contribution in [0.2, 0.25) is 0 Å². The first-order valence-corrected chi connectivity index (χ1v) is 7.68. The largest absolute Gasteiger partial charge is 0.315 e. The molecule has 1 aliphatic heterocycles. The number of rotatable bonds is 6. The second kappa shape index (κ2) is 7.46. The van der Waals surface area contributed by atoms with Gasteiger partial charge in [-0.05, 0) is 33.7 Å². The van der Waals surface area contributed by atoms with Crippen molar-refractivity contribution in [1.82, 2.24) is 15.1 Å². The number of likely N-dealkylation sites (N-methyl/N-ethyl adjacent to an activating group) is 1. The highest BCUT2D eigenvalue weighted by Gasteiger charge is 2.28. The van der Waals surface area contributed by atoms with Crippen molar-refractivity contribution in [1.29, 1.82) is 0 Å². The van der Waals surface area contributed by atoms with Gasteiger partial charge in [-0.2, -0.15) is 0 Å². The Hall–Kier alpha value is -0.120. The third-order valence-corrected chi connectivity index (χ3v) is 4.03. The molecule has 3 nitrogen and oxygen atoms in total. The monoisotopic (exact) mass is 255 g/mol. The quantitative estimate of drug-likeness (QED) is 0.785. The van der Waals surface area contributed by atoms with Crippen molar-refractivity contribution in [2.24, 2.45) is 0 Å². The average molecular weight is 255 g/mol. The van der Waals surface area contributed by atoms with E-state index in [2.05, 4.69) is 49.7 Å². The highest BCUT2D eigenvalue weighted by Crippen LogP contribution is 2.18. The molecule has 1 fully saturated rings. The Morgan fingerprint density at radius 2 is 1.67 bits per heavy atom. The number of piperazine rings is 1. The maximum Gasteiger partial charge on any atom is 0.0221 e. The van der Waals surface area contributed by atoms with Gasteiger partial charge in [-0.1, -0.05) is 20.3 Å². The first kappa shape index (κ1) is 15.9. The Bertz CT molecular complexity index is 214. The van der Waals surface area contributed by atoms with Crippen LogP contribution in [-0.2, 0) is 0 Å². The Labute approximate surface area is 114 Å². The Morgan fingerprint density at radius 3 is 2.11 bits per heavy atom. The second-order valence-electron chi connectivity index (χ2n) is 6.44. The third-order valence-electron chi connectivity index (χ3n) is 4.03. The molecule has 0 aliphatic carbocycles. The number of hydrogen-bond donors (Lipinski definition) is 1. The highest BCUT2D eigenvalue weighted by molar-refractivity contribution is 4.85. The fraction of sp³-hybridized carbons (Fsp3) is 1.00. The topological polar surface area (TPSA) is 18.5 Å². The summed E-state index contributed by atoms with van der Waals surface area (Å²) in [5, 5.41) is 3.52. The zero-order valence-electron chi connectivity index (χ0n) is 13.1. The van der Waals surface area contributed by atoms with Gasteiger partial charge in [0.05, 0.1) is 0 Å². The normalized spacial score (nSPS) is 21.2. The Morgan fingerprint density at radius 1 is 1.06 bits per heavy atom. The molecule has 0 aromatic carbocycles. The predicted octanol–water partition coefficient (Wildman–Crippen LogP) is 2.18. The van der Waals surface area contributed by atoms with Crippen molar-refractivity contribution in [3.8, 4) is 0 Å². The summed E-state index contributed by atoms with van der Waals surface area (Å²) in [6.45, 7) is 18.6. The summed E-state index contributed by atoms with van der Waals surface area (Å²) in [5.74, 6) is 0. The van der Waals surface area contributed by atoms with Gasteiger partial charge in [-0.3, -0.25) is 9.80 Å². The van der Waals surface area contributed by atoms with Crippen LogP contribution in [0.3, 0.4) is 0 Å². The maximum atomic E-state index is 3.52. The molecule has 1 saturated heterocycles. The van der Waals surface area contributed by atoms with Crippen LogP contribution in [0.15, 0.2) is 0 Å². The Balaban J connectivity index is 2.43. The summed E-state index contributed by atoms with van der Waals surface area (Å²) in [4.78, 5) is 5.30. The molecule has 1 heterocycles. The second-order valence-corrected chi connectivity index (χ2v) is 6.44. The minimum atomic E-state index is 0.327. The van der Waals surface area contributed by atoms with Crippen molar-refractivity contribution in [3.63, 3.8) is 0 Å². The van der Waals surface area contributed by atoms with Crippen molar-refractivity contribution in [2.45, 2.75) is 59.0 Å². The van der Waals surface area contributed by atoms with E-state index < -0.39 is 0 Å². The standard InChI is InChI=1S/C15H33N3/c1-6-8-14(13-16-7-2)17-9-11-18(12-10-17)15(3,4)5/h14,16H,6-13H2,1-5H3. The SMILES string of the molecule is CCCC(CNCC)N1CCN(C(C)(C)C)CC1.